The molecule has 0 bridgehead atoms. The molecule has 0 amide bonds. The quantitative estimate of drug-likeness (QED) is 0.786. The number of nitrogens with zero attached hydrogens (tertiary/aromatic N) is 1. The molecule has 0 aromatic carbocycles. The predicted octanol–water partition coefficient (Wildman–Crippen LogP) is 2.12. The molecule has 0 radical (unpaired) electrons. The highest BCUT2D eigenvalue weighted by atomic mass is 16.5. The smallest absolute Gasteiger partial charge is 0.0546 e. The van der Waals surface area contributed by atoms with Crippen LogP contribution < -0.4 is 5.32 Å². The van der Waals surface area contributed by atoms with Crippen molar-refractivity contribution in [3.63, 3.8) is 0 Å². The van der Waals surface area contributed by atoms with Crippen LogP contribution in [0.5, 0.6) is 0 Å². The van der Waals surface area contributed by atoms with E-state index in [4.69, 9.17) is 4.74 Å². The summed E-state index contributed by atoms with van der Waals surface area (Å²) in [4.78, 5) is 2.68. The van der Waals surface area contributed by atoms with E-state index < -0.39 is 0 Å². The van der Waals surface area contributed by atoms with Crippen LogP contribution in [0.4, 0.5) is 0 Å². The van der Waals surface area contributed by atoms with Gasteiger partial charge in [0, 0.05) is 31.7 Å². The molecule has 2 aliphatic rings. The first kappa shape index (κ1) is 14.3. The van der Waals surface area contributed by atoms with Crippen LogP contribution in [0.25, 0.3) is 0 Å². The Morgan fingerprint density at radius 3 is 2.89 bits per heavy atom. The molecular formula is C15H30N2O. The van der Waals surface area contributed by atoms with Crippen LogP contribution in [0.15, 0.2) is 0 Å². The zero-order chi connectivity index (χ0) is 12.8. The van der Waals surface area contributed by atoms with Crippen molar-refractivity contribution in [3.8, 4) is 0 Å². The van der Waals surface area contributed by atoms with Crippen LogP contribution in [0.1, 0.15) is 39.5 Å². The van der Waals surface area contributed by atoms with Crippen molar-refractivity contribution in [3.05, 3.63) is 0 Å². The first-order valence-electron chi connectivity index (χ1n) is 7.79. The van der Waals surface area contributed by atoms with Gasteiger partial charge in [-0.1, -0.05) is 20.3 Å². The lowest BCUT2D eigenvalue weighted by Gasteiger charge is -2.40. The third kappa shape index (κ3) is 3.69. The first-order chi connectivity index (χ1) is 8.78. The van der Waals surface area contributed by atoms with Crippen LogP contribution in [0.3, 0.4) is 0 Å². The molecular weight excluding hydrogens is 224 g/mol. The van der Waals surface area contributed by atoms with Crippen LogP contribution in [0, 0.1) is 11.3 Å². The van der Waals surface area contributed by atoms with E-state index in [1.807, 2.05) is 0 Å². The Labute approximate surface area is 112 Å². The van der Waals surface area contributed by atoms with Gasteiger partial charge in [0.15, 0.2) is 0 Å². The Bertz CT molecular complexity index is 239. The highest BCUT2D eigenvalue weighted by Gasteiger charge is 2.36. The summed E-state index contributed by atoms with van der Waals surface area (Å²) in [6, 6.07) is 0. The van der Waals surface area contributed by atoms with E-state index in [1.165, 1.54) is 45.3 Å². The minimum Gasteiger partial charge on any atom is -0.381 e. The topological polar surface area (TPSA) is 24.5 Å². The summed E-state index contributed by atoms with van der Waals surface area (Å²) in [5, 5.41) is 3.55. The molecule has 2 saturated heterocycles. The maximum Gasteiger partial charge on any atom is 0.0546 e. The SMILES string of the molecule is CCNCC1(CN2CCC(CC)C2)CCCOC1. The molecule has 1 N–H and O–H groups in total. The molecule has 18 heavy (non-hydrogen) atoms. The molecule has 0 spiro atoms. The zero-order valence-electron chi connectivity index (χ0n) is 12.2. The fourth-order valence-electron chi connectivity index (χ4n) is 3.48. The number of hydrogen-bond donors (Lipinski definition) is 1. The van der Waals surface area contributed by atoms with Crippen molar-refractivity contribution in [1.82, 2.24) is 10.2 Å². The van der Waals surface area contributed by atoms with Crippen LogP contribution in [0.2, 0.25) is 0 Å². The third-order valence-corrected chi connectivity index (χ3v) is 4.66. The number of nitrogens with one attached hydrogen (secondary N) is 1. The Balaban J connectivity index is 1.88. The van der Waals surface area contributed by atoms with Crippen molar-refractivity contribution in [2.75, 3.05) is 45.9 Å². The van der Waals surface area contributed by atoms with E-state index in [2.05, 4.69) is 24.1 Å². The van der Waals surface area contributed by atoms with Crippen molar-refractivity contribution >= 4 is 0 Å². The van der Waals surface area contributed by atoms with Crippen molar-refractivity contribution in [2.45, 2.75) is 39.5 Å². The Kier molecular flexibility index (Phi) is 5.46. The molecule has 3 nitrogen and oxygen atoms in total. The summed E-state index contributed by atoms with van der Waals surface area (Å²) in [7, 11) is 0. The Morgan fingerprint density at radius 2 is 2.28 bits per heavy atom. The van der Waals surface area contributed by atoms with Gasteiger partial charge in [-0.25, -0.2) is 0 Å². The maximum atomic E-state index is 5.78. The standard InChI is InChI=1S/C15H30N2O/c1-3-14-6-8-17(10-14)12-15(11-16-4-2)7-5-9-18-13-15/h14,16H,3-13H2,1-2H3. The van der Waals surface area contributed by atoms with Crippen molar-refractivity contribution < 1.29 is 4.74 Å². The Morgan fingerprint density at radius 1 is 1.39 bits per heavy atom. The molecule has 3 heteroatoms. The highest BCUT2D eigenvalue weighted by Crippen LogP contribution is 2.31. The van der Waals surface area contributed by atoms with E-state index in [1.54, 1.807) is 0 Å². The molecule has 2 atom stereocenters. The van der Waals surface area contributed by atoms with Crippen molar-refractivity contribution in [1.29, 1.82) is 0 Å². The second-order valence-electron chi connectivity index (χ2n) is 6.23. The van der Waals surface area contributed by atoms with Gasteiger partial charge in [-0.2, -0.15) is 0 Å². The van der Waals surface area contributed by atoms with Gasteiger partial charge in [0.05, 0.1) is 6.61 Å². The first-order valence-corrected chi connectivity index (χ1v) is 7.79. The molecule has 2 rings (SSSR count). The average Bonchev–Trinajstić information content (AvgIpc) is 2.85. The van der Waals surface area contributed by atoms with Crippen LogP contribution >= 0.6 is 0 Å². The molecule has 2 heterocycles. The lowest BCUT2D eigenvalue weighted by molar-refractivity contribution is -0.0232. The van der Waals surface area contributed by atoms with Crippen LogP contribution in [-0.2, 0) is 4.74 Å². The lowest BCUT2D eigenvalue weighted by Crippen LogP contribution is -2.48. The normalized spacial score (nSPS) is 34.0. The summed E-state index contributed by atoms with van der Waals surface area (Å²) in [5.74, 6) is 0.936. The van der Waals surface area contributed by atoms with Gasteiger partial charge in [0.25, 0.3) is 0 Å². The fraction of sp³-hybridized carbons (Fsp3) is 1.00. The zero-order valence-corrected chi connectivity index (χ0v) is 12.2. The van der Waals surface area contributed by atoms with Gasteiger partial charge in [-0.3, -0.25) is 0 Å². The van der Waals surface area contributed by atoms with Gasteiger partial charge in [-0.05, 0) is 38.3 Å². The third-order valence-electron chi connectivity index (χ3n) is 4.66. The molecule has 0 aliphatic carbocycles. The van der Waals surface area contributed by atoms with Gasteiger partial charge >= 0.3 is 0 Å². The second-order valence-corrected chi connectivity index (χ2v) is 6.23. The van der Waals surface area contributed by atoms with Gasteiger partial charge in [0.2, 0.25) is 0 Å². The maximum absolute atomic E-state index is 5.78. The minimum absolute atomic E-state index is 0.372. The molecule has 0 saturated carbocycles. The highest BCUT2D eigenvalue weighted by molar-refractivity contribution is 4.89. The predicted molar refractivity (Wildman–Crippen MR) is 75.9 cm³/mol. The van der Waals surface area contributed by atoms with Gasteiger partial charge < -0.3 is 15.0 Å². The van der Waals surface area contributed by atoms with Crippen LogP contribution in [-0.4, -0.2) is 50.8 Å². The summed E-state index contributed by atoms with van der Waals surface area (Å²) in [6.07, 6.45) is 5.30. The lowest BCUT2D eigenvalue weighted by atomic mass is 9.81. The summed E-state index contributed by atoms with van der Waals surface area (Å²) in [6.45, 7) is 12.5. The Hall–Kier alpha value is -0.120. The van der Waals surface area contributed by atoms with E-state index in [0.717, 1.165) is 32.2 Å². The summed E-state index contributed by atoms with van der Waals surface area (Å²) >= 11 is 0. The molecule has 2 aliphatic heterocycles. The largest absolute Gasteiger partial charge is 0.381 e. The summed E-state index contributed by atoms with van der Waals surface area (Å²) in [5.41, 5.74) is 0.372. The van der Waals surface area contributed by atoms with Gasteiger partial charge in [0.1, 0.15) is 0 Å². The minimum atomic E-state index is 0.372. The molecule has 106 valence electrons. The number of rotatable bonds is 6. The fourth-order valence-corrected chi connectivity index (χ4v) is 3.48. The molecule has 0 aromatic rings. The summed E-state index contributed by atoms with van der Waals surface area (Å²) < 4.78 is 5.78. The second kappa shape index (κ2) is 6.88. The van der Waals surface area contributed by atoms with E-state index >= 15 is 0 Å². The van der Waals surface area contributed by atoms with Crippen molar-refractivity contribution in [2.24, 2.45) is 11.3 Å². The van der Waals surface area contributed by atoms with Gasteiger partial charge in [-0.15, -0.1) is 0 Å². The monoisotopic (exact) mass is 254 g/mol. The van der Waals surface area contributed by atoms with E-state index in [-0.39, 0.29) is 0 Å². The number of likely N-dealkylation sites (tertiary alicyclic amines) is 1. The number of ether oxygens (including phenoxy) is 1. The molecule has 2 unspecified atom stereocenters. The van der Waals surface area contributed by atoms with E-state index in [0.29, 0.717) is 5.41 Å². The molecule has 2 fully saturated rings. The number of hydrogen-bond acceptors (Lipinski definition) is 3. The molecule has 0 aromatic heterocycles. The van der Waals surface area contributed by atoms with E-state index in [9.17, 15) is 0 Å². The average molecular weight is 254 g/mol.